The maximum atomic E-state index is 12.6. The summed E-state index contributed by atoms with van der Waals surface area (Å²) in [5, 5.41) is -4.31. The van der Waals surface area contributed by atoms with E-state index in [0.717, 1.165) is 18.2 Å². The Hall–Kier alpha value is -0.890. The van der Waals surface area contributed by atoms with E-state index in [4.69, 9.17) is 0 Å². The summed E-state index contributed by atoms with van der Waals surface area (Å²) in [5.41, 5.74) is -0.962. The van der Waals surface area contributed by atoms with Crippen molar-refractivity contribution in [1.82, 2.24) is 0 Å². The lowest BCUT2D eigenvalue weighted by Crippen LogP contribution is -2.24. The predicted molar refractivity (Wildman–Crippen MR) is 56.0 cm³/mol. The molecule has 0 saturated carbocycles. The lowest BCUT2D eigenvalue weighted by Gasteiger charge is -2.14. The Morgan fingerprint density at radius 1 is 1.22 bits per heavy atom. The molecular weight excluding hydrogens is 350 g/mol. The Kier molecular flexibility index (Phi) is 4.22. The third-order valence-corrected chi connectivity index (χ3v) is 2.34. The number of benzene rings is 1. The van der Waals surface area contributed by atoms with Crippen LogP contribution >= 0.6 is 27.5 Å². The summed E-state index contributed by atoms with van der Waals surface area (Å²) in [6.45, 7) is 0. The molecule has 0 bridgehead atoms. The first-order valence-electron chi connectivity index (χ1n) is 4.17. The molecule has 0 unspecified atom stereocenters. The average Bonchev–Trinajstić information content (AvgIpc) is 2.12. The molecular formula is C9H3BrClF5O2. The van der Waals surface area contributed by atoms with Crippen LogP contribution in [0.25, 0.3) is 0 Å². The highest BCUT2D eigenvalue weighted by Gasteiger charge is 2.40. The molecule has 0 N–H and O–H groups in total. The Morgan fingerprint density at radius 3 is 2.22 bits per heavy atom. The number of rotatable bonds is 3. The molecule has 0 heterocycles. The van der Waals surface area contributed by atoms with E-state index >= 15 is 0 Å². The third-order valence-electron chi connectivity index (χ3n) is 1.67. The molecule has 1 rings (SSSR count). The number of hydrogen-bond donors (Lipinski definition) is 0. The summed E-state index contributed by atoms with van der Waals surface area (Å²) in [4.78, 5) is 11.1. The number of ether oxygens (including phenoxy) is 1. The van der Waals surface area contributed by atoms with Gasteiger partial charge in [0.25, 0.3) is 5.78 Å². The highest BCUT2D eigenvalue weighted by atomic mass is 79.9. The van der Waals surface area contributed by atoms with Gasteiger partial charge in [0.2, 0.25) is 0 Å². The van der Waals surface area contributed by atoms with E-state index in [1.807, 2.05) is 0 Å². The SMILES string of the molecule is O=C(c1ccc(Br)cc1OC(F)(F)F)C(F)(F)Cl. The predicted octanol–water partition coefficient (Wildman–Crippen LogP) is 4.36. The van der Waals surface area contributed by atoms with Gasteiger partial charge in [0.15, 0.2) is 0 Å². The van der Waals surface area contributed by atoms with E-state index in [1.165, 1.54) is 0 Å². The minimum Gasteiger partial charge on any atom is -0.405 e. The maximum absolute atomic E-state index is 12.6. The van der Waals surface area contributed by atoms with Gasteiger partial charge in [-0.2, -0.15) is 8.78 Å². The highest BCUT2D eigenvalue weighted by molar-refractivity contribution is 9.10. The van der Waals surface area contributed by atoms with Gasteiger partial charge in [0.1, 0.15) is 5.75 Å². The van der Waals surface area contributed by atoms with Crippen molar-refractivity contribution in [2.45, 2.75) is 11.7 Å². The fourth-order valence-corrected chi connectivity index (χ4v) is 1.49. The molecule has 0 fully saturated rings. The monoisotopic (exact) mass is 352 g/mol. The minimum atomic E-state index is -5.11. The highest BCUT2D eigenvalue weighted by Crippen LogP contribution is 2.34. The molecule has 0 saturated heterocycles. The zero-order chi connectivity index (χ0) is 14.1. The van der Waals surface area contributed by atoms with Crippen molar-refractivity contribution in [3.8, 4) is 5.75 Å². The van der Waals surface area contributed by atoms with Gasteiger partial charge >= 0.3 is 11.7 Å². The van der Waals surface area contributed by atoms with Crippen molar-refractivity contribution in [2.75, 3.05) is 0 Å². The fourth-order valence-electron chi connectivity index (χ4n) is 1.05. The summed E-state index contributed by atoms with van der Waals surface area (Å²) in [5.74, 6) is -3.03. The molecule has 0 amide bonds. The first-order chi connectivity index (χ1) is 8.00. The summed E-state index contributed by atoms with van der Waals surface area (Å²) in [6.07, 6.45) is -5.11. The van der Waals surface area contributed by atoms with Crippen molar-refractivity contribution in [1.29, 1.82) is 0 Å². The second kappa shape index (κ2) is 5.00. The molecule has 1 aromatic rings. The Morgan fingerprint density at radius 2 is 1.78 bits per heavy atom. The van der Waals surface area contributed by atoms with Gasteiger partial charge in [0, 0.05) is 4.47 Å². The van der Waals surface area contributed by atoms with Gasteiger partial charge in [-0.3, -0.25) is 4.79 Å². The van der Waals surface area contributed by atoms with Gasteiger partial charge in [-0.05, 0) is 29.8 Å². The van der Waals surface area contributed by atoms with Crippen LogP contribution in [0, 0.1) is 0 Å². The molecule has 0 atom stereocenters. The quantitative estimate of drug-likeness (QED) is 0.458. The van der Waals surface area contributed by atoms with Crippen LogP contribution < -0.4 is 4.74 Å². The van der Waals surface area contributed by atoms with Crippen LogP contribution in [0.2, 0.25) is 0 Å². The smallest absolute Gasteiger partial charge is 0.405 e. The van der Waals surface area contributed by atoms with Crippen molar-refractivity contribution >= 4 is 33.3 Å². The largest absolute Gasteiger partial charge is 0.573 e. The zero-order valence-electron chi connectivity index (χ0n) is 8.19. The zero-order valence-corrected chi connectivity index (χ0v) is 10.5. The van der Waals surface area contributed by atoms with E-state index in [1.54, 1.807) is 0 Å². The van der Waals surface area contributed by atoms with Crippen LogP contribution in [0.15, 0.2) is 22.7 Å². The average molecular weight is 353 g/mol. The van der Waals surface area contributed by atoms with Gasteiger partial charge in [0.05, 0.1) is 5.56 Å². The van der Waals surface area contributed by atoms with Gasteiger partial charge in [-0.1, -0.05) is 15.9 Å². The molecule has 0 spiro atoms. The van der Waals surface area contributed by atoms with E-state index < -0.39 is 28.8 Å². The number of halogens is 7. The van der Waals surface area contributed by atoms with Crippen LogP contribution in [0.4, 0.5) is 22.0 Å². The molecule has 1 aromatic carbocycles. The number of Topliss-reactive ketones (excluding diaryl/α,β-unsaturated/α-hetero) is 1. The summed E-state index contributed by atoms with van der Waals surface area (Å²) in [7, 11) is 0. The Labute approximate surface area is 111 Å². The van der Waals surface area contributed by atoms with Crippen molar-refractivity contribution in [3.05, 3.63) is 28.2 Å². The minimum absolute atomic E-state index is 0.121. The van der Waals surface area contributed by atoms with Crippen LogP contribution in [-0.4, -0.2) is 17.5 Å². The number of carbonyl (C=O) groups is 1. The molecule has 0 aliphatic rings. The topological polar surface area (TPSA) is 26.3 Å². The standard InChI is InChI=1S/C9H3BrClF5O2/c10-4-1-2-5(7(17)8(11,12)13)6(3-4)18-9(14,15)16/h1-3H. The maximum Gasteiger partial charge on any atom is 0.573 e. The van der Waals surface area contributed by atoms with Crippen molar-refractivity contribution < 1.29 is 31.5 Å². The Bertz CT molecular complexity index is 469. The molecule has 18 heavy (non-hydrogen) atoms. The van der Waals surface area contributed by atoms with Crippen molar-refractivity contribution in [2.24, 2.45) is 0 Å². The third kappa shape index (κ3) is 4.09. The number of carbonyl (C=O) groups excluding carboxylic acids is 1. The van der Waals surface area contributed by atoms with Crippen LogP contribution in [0.5, 0.6) is 5.75 Å². The first kappa shape index (κ1) is 15.2. The van der Waals surface area contributed by atoms with Gasteiger partial charge in [-0.25, -0.2) is 0 Å². The number of alkyl halides is 6. The first-order valence-corrected chi connectivity index (χ1v) is 5.34. The molecule has 100 valence electrons. The Balaban J connectivity index is 3.24. The lowest BCUT2D eigenvalue weighted by molar-refractivity contribution is -0.274. The van der Waals surface area contributed by atoms with E-state index in [2.05, 4.69) is 32.3 Å². The lowest BCUT2D eigenvalue weighted by atomic mass is 10.1. The molecule has 2 nitrogen and oxygen atoms in total. The van der Waals surface area contributed by atoms with E-state index in [-0.39, 0.29) is 4.47 Å². The second-order valence-electron chi connectivity index (χ2n) is 3.02. The second-order valence-corrected chi connectivity index (χ2v) is 4.41. The van der Waals surface area contributed by atoms with E-state index in [9.17, 15) is 26.7 Å². The van der Waals surface area contributed by atoms with E-state index in [0.29, 0.717) is 0 Å². The fraction of sp³-hybridized carbons (Fsp3) is 0.222. The molecule has 0 aliphatic carbocycles. The molecule has 9 heteroatoms. The number of ketones is 1. The summed E-state index contributed by atoms with van der Waals surface area (Å²) >= 11 is 7.29. The van der Waals surface area contributed by atoms with Crippen molar-refractivity contribution in [3.63, 3.8) is 0 Å². The summed E-state index contributed by atoms with van der Waals surface area (Å²) in [6, 6.07) is 2.60. The van der Waals surface area contributed by atoms with Crippen LogP contribution in [0.1, 0.15) is 10.4 Å². The molecule has 0 aliphatic heterocycles. The normalized spacial score (nSPS) is 12.4. The van der Waals surface area contributed by atoms with Crippen LogP contribution in [0.3, 0.4) is 0 Å². The van der Waals surface area contributed by atoms with Crippen LogP contribution in [-0.2, 0) is 0 Å². The van der Waals surface area contributed by atoms with Gasteiger partial charge < -0.3 is 4.74 Å². The number of hydrogen-bond acceptors (Lipinski definition) is 2. The summed E-state index contributed by atoms with van der Waals surface area (Å²) < 4.78 is 64.9. The van der Waals surface area contributed by atoms with Gasteiger partial charge in [-0.15, -0.1) is 13.2 Å². The molecule has 0 radical (unpaired) electrons. The molecule has 0 aromatic heterocycles.